The molecule has 0 saturated carbocycles. The molecule has 0 fully saturated rings. The molecule has 0 bridgehead atoms. The van der Waals surface area contributed by atoms with Gasteiger partial charge in [-0.05, 0) is 12.1 Å². The molecule has 2 aromatic heterocycles. The van der Waals surface area contributed by atoms with Gasteiger partial charge in [0.1, 0.15) is 13.2 Å². The third-order valence-corrected chi connectivity index (χ3v) is 3.30. The first-order chi connectivity index (χ1) is 9.75. The molecule has 2 aromatic rings. The Hall–Kier alpha value is -2.18. The van der Waals surface area contributed by atoms with Gasteiger partial charge < -0.3 is 19.9 Å². The maximum atomic E-state index is 10.9. The van der Waals surface area contributed by atoms with E-state index in [2.05, 4.69) is 0 Å². The van der Waals surface area contributed by atoms with Crippen molar-refractivity contribution in [2.45, 2.75) is 26.4 Å². The fraction of sp³-hybridized carbons (Fsp3) is 0.286. The van der Waals surface area contributed by atoms with E-state index < -0.39 is 0 Å². The average Bonchev–Trinajstić information content (AvgIpc) is 3.08. The van der Waals surface area contributed by atoms with Crippen LogP contribution in [0.1, 0.15) is 22.5 Å². The highest BCUT2D eigenvalue weighted by Crippen LogP contribution is 2.14. The van der Waals surface area contributed by atoms with Crippen LogP contribution < -0.4 is 9.46 Å². The van der Waals surface area contributed by atoms with Crippen LogP contribution in [0, 0.1) is 10.4 Å². The van der Waals surface area contributed by atoms with Gasteiger partial charge in [-0.15, -0.1) is 0 Å². The van der Waals surface area contributed by atoms with E-state index in [1.54, 1.807) is 12.1 Å². The SMILES string of the molecule is [O-][n+]1cccc2c1COC2.[O-][n+]1cccc2c1COC2. The first-order valence-corrected chi connectivity index (χ1v) is 6.31. The molecule has 0 unspecified atom stereocenters. The molecule has 0 aromatic carbocycles. The van der Waals surface area contributed by atoms with E-state index in [4.69, 9.17) is 9.47 Å². The van der Waals surface area contributed by atoms with E-state index in [0.717, 1.165) is 32.0 Å². The van der Waals surface area contributed by atoms with Gasteiger partial charge in [0.15, 0.2) is 12.4 Å². The van der Waals surface area contributed by atoms with Gasteiger partial charge in [-0.1, -0.05) is 0 Å². The molecular weight excluding hydrogens is 260 g/mol. The second kappa shape index (κ2) is 5.44. The van der Waals surface area contributed by atoms with Gasteiger partial charge in [-0.25, -0.2) is 0 Å². The highest BCUT2D eigenvalue weighted by atomic mass is 16.5. The topological polar surface area (TPSA) is 72.3 Å². The van der Waals surface area contributed by atoms with E-state index in [1.807, 2.05) is 12.1 Å². The number of pyridine rings is 2. The van der Waals surface area contributed by atoms with Gasteiger partial charge in [0.05, 0.1) is 13.2 Å². The molecule has 2 aliphatic heterocycles. The van der Waals surface area contributed by atoms with Gasteiger partial charge in [-0.2, -0.15) is 9.46 Å². The maximum absolute atomic E-state index is 10.9. The van der Waals surface area contributed by atoms with Crippen LogP contribution in [0.3, 0.4) is 0 Å². The van der Waals surface area contributed by atoms with Gasteiger partial charge >= 0.3 is 0 Å². The van der Waals surface area contributed by atoms with Crippen molar-refractivity contribution < 1.29 is 18.9 Å². The summed E-state index contributed by atoms with van der Waals surface area (Å²) in [5, 5.41) is 21.9. The predicted octanol–water partition coefficient (Wildman–Crippen LogP) is 0.700. The van der Waals surface area contributed by atoms with Gasteiger partial charge in [-0.3, -0.25) is 0 Å². The first-order valence-electron chi connectivity index (χ1n) is 6.31. The van der Waals surface area contributed by atoms with Crippen molar-refractivity contribution in [2.24, 2.45) is 0 Å². The van der Waals surface area contributed by atoms with Crippen LogP contribution >= 0.6 is 0 Å². The highest BCUT2D eigenvalue weighted by Gasteiger charge is 2.18. The number of rotatable bonds is 0. The number of aromatic nitrogens is 2. The molecule has 0 spiro atoms. The second-order valence-corrected chi connectivity index (χ2v) is 4.60. The molecule has 6 nitrogen and oxygen atoms in total. The predicted molar refractivity (Wildman–Crippen MR) is 67.8 cm³/mol. The summed E-state index contributed by atoms with van der Waals surface area (Å²) in [6.45, 7) is 2.08. The van der Waals surface area contributed by atoms with Crippen LogP contribution in [0.2, 0.25) is 0 Å². The fourth-order valence-electron chi connectivity index (χ4n) is 2.22. The number of ether oxygens (including phenoxy) is 2. The van der Waals surface area contributed by atoms with Crippen LogP contribution in [0.15, 0.2) is 36.7 Å². The Kier molecular flexibility index (Phi) is 3.49. The van der Waals surface area contributed by atoms with Crippen molar-refractivity contribution >= 4 is 0 Å². The summed E-state index contributed by atoms with van der Waals surface area (Å²) in [6, 6.07) is 7.30. The molecular formula is C14H14N2O4. The summed E-state index contributed by atoms with van der Waals surface area (Å²) in [7, 11) is 0. The van der Waals surface area contributed by atoms with Gasteiger partial charge in [0.2, 0.25) is 11.4 Å². The van der Waals surface area contributed by atoms with Crippen molar-refractivity contribution in [3.05, 3.63) is 69.6 Å². The van der Waals surface area contributed by atoms with E-state index in [0.29, 0.717) is 26.4 Å². The van der Waals surface area contributed by atoms with Gasteiger partial charge in [0.25, 0.3) is 0 Å². The summed E-state index contributed by atoms with van der Waals surface area (Å²) in [5.41, 5.74) is 3.53. The van der Waals surface area contributed by atoms with E-state index >= 15 is 0 Å². The van der Waals surface area contributed by atoms with Crippen molar-refractivity contribution in [2.75, 3.05) is 0 Å². The van der Waals surface area contributed by atoms with Crippen molar-refractivity contribution in [3.8, 4) is 0 Å². The third kappa shape index (κ3) is 2.43. The Morgan fingerprint density at radius 1 is 0.750 bits per heavy atom. The molecule has 0 atom stereocenters. The zero-order valence-corrected chi connectivity index (χ0v) is 10.8. The molecule has 0 radical (unpaired) electrons. The number of hydrogen-bond acceptors (Lipinski definition) is 4. The minimum atomic E-state index is 0.458. The Morgan fingerprint density at radius 3 is 1.60 bits per heavy atom. The summed E-state index contributed by atoms with van der Waals surface area (Å²) in [4.78, 5) is 0. The van der Waals surface area contributed by atoms with Crippen LogP contribution in [-0.4, -0.2) is 0 Å². The average molecular weight is 274 g/mol. The summed E-state index contributed by atoms with van der Waals surface area (Å²) >= 11 is 0. The molecule has 0 saturated heterocycles. The van der Waals surface area contributed by atoms with E-state index in [-0.39, 0.29) is 0 Å². The number of hydrogen-bond donors (Lipinski definition) is 0. The molecule has 0 aliphatic carbocycles. The van der Waals surface area contributed by atoms with Crippen molar-refractivity contribution in [1.29, 1.82) is 0 Å². The molecule has 20 heavy (non-hydrogen) atoms. The smallest absolute Gasteiger partial charge is 0.224 e. The molecule has 2 aliphatic rings. The lowest BCUT2D eigenvalue weighted by Crippen LogP contribution is -2.30. The molecule has 4 heterocycles. The van der Waals surface area contributed by atoms with Gasteiger partial charge in [0, 0.05) is 23.3 Å². The Balaban J connectivity index is 0.000000121. The third-order valence-electron chi connectivity index (χ3n) is 3.30. The summed E-state index contributed by atoms with van der Waals surface area (Å²) < 4.78 is 11.9. The van der Waals surface area contributed by atoms with Crippen molar-refractivity contribution in [3.63, 3.8) is 0 Å². The molecule has 0 amide bonds. The number of nitrogens with zero attached hydrogens (tertiary/aromatic N) is 2. The molecule has 0 N–H and O–H groups in total. The van der Waals surface area contributed by atoms with Crippen LogP contribution in [0.4, 0.5) is 0 Å². The highest BCUT2D eigenvalue weighted by molar-refractivity contribution is 5.17. The Bertz CT molecular complexity index is 575. The largest absolute Gasteiger partial charge is 0.618 e. The normalized spacial score (nSPS) is 15.2. The van der Waals surface area contributed by atoms with Crippen LogP contribution in [0.25, 0.3) is 0 Å². The molecule has 6 heteroatoms. The van der Waals surface area contributed by atoms with Crippen LogP contribution in [0.5, 0.6) is 0 Å². The summed E-state index contributed by atoms with van der Waals surface area (Å²) in [5.74, 6) is 0. The zero-order valence-electron chi connectivity index (χ0n) is 10.8. The zero-order chi connectivity index (χ0) is 13.9. The lowest BCUT2D eigenvalue weighted by molar-refractivity contribution is -0.615. The minimum absolute atomic E-state index is 0.458. The Morgan fingerprint density at radius 2 is 1.20 bits per heavy atom. The van der Waals surface area contributed by atoms with E-state index in [9.17, 15) is 10.4 Å². The maximum Gasteiger partial charge on any atom is 0.224 e. The Labute approximate surface area is 116 Å². The summed E-state index contributed by atoms with van der Waals surface area (Å²) in [6.07, 6.45) is 2.99. The van der Waals surface area contributed by atoms with Crippen LogP contribution in [-0.2, 0) is 35.9 Å². The first kappa shape index (κ1) is 12.8. The lowest BCUT2D eigenvalue weighted by atomic mass is 10.2. The minimum Gasteiger partial charge on any atom is -0.618 e. The quantitative estimate of drug-likeness (QED) is 0.523. The molecule has 4 rings (SSSR count). The van der Waals surface area contributed by atoms with Crippen molar-refractivity contribution in [1.82, 2.24) is 0 Å². The standard InChI is InChI=1S/2C7H7NO2/c2*9-8-3-1-2-6-4-10-5-7(6)8/h2*1-3H,4-5H2. The molecule has 104 valence electrons. The fourth-order valence-corrected chi connectivity index (χ4v) is 2.22. The van der Waals surface area contributed by atoms with E-state index in [1.165, 1.54) is 12.4 Å². The lowest BCUT2D eigenvalue weighted by Gasteiger charge is -1.98. The second-order valence-electron chi connectivity index (χ2n) is 4.60. The number of fused-ring (bicyclic) bond motifs is 2. The monoisotopic (exact) mass is 274 g/mol.